The zero-order chi connectivity index (χ0) is 12.5. The molecule has 1 N–H and O–H groups in total. The molecule has 1 saturated heterocycles. The van der Waals surface area contributed by atoms with Crippen molar-refractivity contribution in [3.8, 4) is 0 Å². The highest BCUT2D eigenvalue weighted by Crippen LogP contribution is 2.38. The molecule has 1 nitrogen and oxygen atoms in total. The van der Waals surface area contributed by atoms with Gasteiger partial charge in [-0.15, -0.1) is 0 Å². The van der Waals surface area contributed by atoms with Crippen molar-refractivity contribution in [1.29, 1.82) is 0 Å². The highest BCUT2D eigenvalue weighted by atomic mass is 32.2. The standard InChI is InChI=1S/C15H29NS/c1-14(2)7-5-6-12(10-14)16-13-11-17-9-8-15(13,3)4/h12-13,16H,5-11H2,1-4H3. The third-order valence-electron chi connectivity index (χ3n) is 4.76. The van der Waals surface area contributed by atoms with E-state index in [1.807, 2.05) is 0 Å². The fourth-order valence-corrected chi connectivity index (χ4v) is 4.96. The third-order valence-corrected chi connectivity index (χ3v) is 5.82. The molecule has 100 valence electrons. The normalized spacial score (nSPS) is 36.7. The molecule has 1 heterocycles. The SMILES string of the molecule is CC1(C)CCCC(NC2CSCCC2(C)C)C1. The van der Waals surface area contributed by atoms with Gasteiger partial charge >= 0.3 is 0 Å². The van der Waals surface area contributed by atoms with Gasteiger partial charge in [0.05, 0.1) is 0 Å². The molecule has 2 aliphatic rings. The minimum Gasteiger partial charge on any atom is -0.310 e. The molecule has 0 spiro atoms. The van der Waals surface area contributed by atoms with Crippen LogP contribution in [0.4, 0.5) is 0 Å². The lowest BCUT2D eigenvalue weighted by Gasteiger charge is -2.44. The summed E-state index contributed by atoms with van der Waals surface area (Å²) >= 11 is 2.13. The van der Waals surface area contributed by atoms with E-state index in [9.17, 15) is 0 Å². The highest BCUT2D eigenvalue weighted by molar-refractivity contribution is 7.99. The smallest absolute Gasteiger partial charge is 0.0212 e. The summed E-state index contributed by atoms with van der Waals surface area (Å²) in [4.78, 5) is 0. The molecule has 0 aromatic heterocycles. The summed E-state index contributed by atoms with van der Waals surface area (Å²) in [6, 6.07) is 1.49. The van der Waals surface area contributed by atoms with E-state index in [1.165, 1.54) is 43.6 Å². The Morgan fingerprint density at radius 2 is 1.88 bits per heavy atom. The molecule has 17 heavy (non-hydrogen) atoms. The highest BCUT2D eigenvalue weighted by Gasteiger charge is 2.36. The zero-order valence-electron chi connectivity index (χ0n) is 12.0. The fourth-order valence-electron chi connectivity index (χ4n) is 3.33. The topological polar surface area (TPSA) is 12.0 Å². The van der Waals surface area contributed by atoms with Crippen molar-refractivity contribution in [3.63, 3.8) is 0 Å². The van der Waals surface area contributed by atoms with Crippen molar-refractivity contribution in [2.45, 2.75) is 71.9 Å². The lowest BCUT2D eigenvalue weighted by atomic mass is 9.74. The van der Waals surface area contributed by atoms with E-state index in [0.717, 1.165) is 12.1 Å². The van der Waals surface area contributed by atoms with Crippen LogP contribution in [0.2, 0.25) is 0 Å². The van der Waals surface area contributed by atoms with Gasteiger partial charge in [0.2, 0.25) is 0 Å². The van der Waals surface area contributed by atoms with Crippen LogP contribution >= 0.6 is 11.8 Å². The fraction of sp³-hybridized carbons (Fsp3) is 1.00. The Kier molecular flexibility index (Phi) is 4.14. The number of nitrogens with one attached hydrogen (secondary N) is 1. The van der Waals surface area contributed by atoms with Gasteiger partial charge in [-0.2, -0.15) is 11.8 Å². The predicted octanol–water partition coefficient (Wildman–Crippen LogP) is 4.08. The molecule has 0 radical (unpaired) electrons. The summed E-state index contributed by atoms with van der Waals surface area (Å²) in [5.41, 5.74) is 1.05. The second-order valence-corrected chi connectivity index (χ2v) is 8.64. The summed E-state index contributed by atoms with van der Waals surface area (Å²) in [5, 5.41) is 3.98. The van der Waals surface area contributed by atoms with Gasteiger partial charge in [0.1, 0.15) is 0 Å². The Morgan fingerprint density at radius 1 is 1.12 bits per heavy atom. The van der Waals surface area contributed by atoms with E-state index in [1.54, 1.807) is 0 Å². The molecule has 2 heteroatoms. The number of thioether (sulfide) groups is 1. The molecule has 2 rings (SSSR count). The monoisotopic (exact) mass is 255 g/mol. The first-order valence-electron chi connectivity index (χ1n) is 7.23. The van der Waals surface area contributed by atoms with Crippen LogP contribution in [0, 0.1) is 10.8 Å². The number of hydrogen-bond acceptors (Lipinski definition) is 2. The Labute approximate surface area is 112 Å². The van der Waals surface area contributed by atoms with Crippen LogP contribution < -0.4 is 5.32 Å². The van der Waals surface area contributed by atoms with Crippen LogP contribution in [-0.2, 0) is 0 Å². The summed E-state index contributed by atoms with van der Waals surface area (Å²) in [6.07, 6.45) is 6.94. The predicted molar refractivity (Wildman–Crippen MR) is 78.7 cm³/mol. The molecule has 1 aliphatic carbocycles. The van der Waals surface area contributed by atoms with Gasteiger partial charge in [-0.25, -0.2) is 0 Å². The number of rotatable bonds is 2. The maximum Gasteiger partial charge on any atom is 0.0212 e. The van der Waals surface area contributed by atoms with E-state index in [2.05, 4.69) is 44.8 Å². The van der Waals surface area contributed by atoms with Crippen LogP contribution in [0.5, 0.6) is 0 Å². The molecule has 2 atom stereocenters. The quantitative estimate of drug-likeness (QED) is 0.798. The van der Waals surface area contributed by atoms with Gasteiger partial charge in [-0.05, 0) is 42.3 Å². The first-order valence-corrected chi connectivity index (χ1v) is 8.38. The molecular formula is C15H29NS. The second kappa shape index (κ2) is 5.13. The van der Waals surface area contributed by atoms with Gasteiger partial charge in [-0.3, -0.25) is 0 Å². The van der Waals surface area contributed by atoms with Gasteiger partial charge in [-0.1, -0.05) is 34.1 Å². The summed E-state index contributed by atoms with van der Waals surface area (Å²) in [5.74, 6) is 2.66. The summed E-state index contributed by atoms with van der Waals surface area (Å²) in [7, 11) is 0. The molecule has 0 aromatic carbocycles. The average molecular weight is 255 g/mol. The first-order chi connectivity index (χ1) is 7.89. The molecular weight excluding hydrogens is 226 g/mol. The minimum atomic E-state index is 0.493. The summed E-state index contributed by atoms with van der Waals surface area (Å²) in [6.45, 7) is 9.75. The average Bonchev–Trinajstić information content (AvgIpc) is 2.20. The lowest BCUT2D eigenvalue weighted by Crippen LogP contribution is -2.52. The second-order valence-electron chi connectivity index (χ2n) is 7.49. The largest absolute Gasteiger partial charge is 0.310 e. The Hall–Kier alpha value is 0.310. The maximum absolute atomic E-state index is 3.98. The third kappa shape index (κ3) is 3.64. The van der Waals surface area contributed by atoms with Gasteiger partial charge in [0.15, 0.2) is 0 Å². The van der Waals surface area contributed by atoms with Crippen molar-refractivity contribution < 1.29 is 0 Å². The lowest BCUT2D eigenvalue weighted by molar-refractivity contribution is 0.156. The first kappa shape index (κ1) is 13.7. The van der Waals surface area contributed by atoms with Crippen LogP contribution in [0.25, 0.3) is 0 Å². The van der Waals surface area contributed by atoms with Crippen molar-refractivity contribution in [3.05, 3.63) is 0 Å². The Balaban J connectivity index is 1.91. The van der Waals surface area contributed by atoms with E-state index in [-0.39, 0.29) is 0 Å². The molecule has 1 saturated carbocycles. The van der Waals surface area contributed by atoms with Crippen molar-refractivity contribution in [2.24, 2.45) is 10.8 Å². The minimum absolute atomic E-state index is 0.493. The van der Waals surface area contributed by atoms with Crippen LogP contribution in [0.1, 0.15) is 59.8 Å². The molecule has 1 aliphatic heterocycles. The van der Waals surface area contributed by atoms with Crippen molar-refractivity contribution in [2.75, 3.05) is 11.5 Å². The number of hydrogen-bond donors (Lipinski definition) is 1. The molecule has 0 aromatic rings. The van der Waals surface area contributed by atoms with Crippen molar-refractivity contribution in [1.82, 2.24) is 5.32 Å². The molecule has 2 fully saturated rings. The zero-order valence-corrected chi connectivity index (χ0v) is 12.8. The van der Waals surface area contributed by atoms with Gasteiger partial charge in [0, 0.05) is 17.8 Å². The maximum atomic E-state index is 3.98. The molecule has 0 amide bonds. The van der Waals surface area contributed by atoms with E-state index in [4.69, 9.17) is 0 Å². The van der Waals surface area contributed by atoms with E-state index >= 15 is 0 Å². The van der Waals surface area contributed by atoms with Crippen LogP contribution in [0.3, 0.4) is 0 Å². The Bertz CT molecular complexity index is 260. The van der Waals surface area contributed by atoms with Gasteiger partial charge < -0.3 is 5.32 Å². The van der Waals surface area contributed by atoms with Crippen molar-refractivity contribution >= 4 is 11.8 Å². The van der Waals surface area contributed by atoms with Gasteiger partial charge in [0.25, 0.3) is 0 Å². The van der Waals surface area contributed by atoms with Crippen LogP contribution in [-0.4, -0.2) is 23.6 Å². The Morgan fingerprint density at radius 3 is 2.53 bits per heavy atom. The van der Waals surface area contributed by atoms with Crippen LogP contribution in [0.15, 0.2) is 0 Å². The summed E-state index contributed by atoms with van der Waals surface area (Å²) < 4.78 is 0. The van der Waals surface area contributed by atoms with E-state index in [0.29, 0.717) is 10.8 Å². The van der Waals surface area contributed by atoms with E-state index < -0.39 is 0 Å². The molecule has 2 unspecified atom stereocenters. The molecule has 0 bridgehead atoms.